The fraction of sp³-hybridized carbons (Fsp3) is 0.455. The third kappa shape index (κ3) is 0.733. The molecule has 3 nitrogen and oxygen atoms in total. The number of hydrogen-bond acceptors (Lipinski definition) is 2. The summed E-state index contributed by atoms with van der Waals surface area (Å²) in [7, 11) is 1.70. The minimum absolute atomic E-state index is 0.233. The van der Waals surface area contributed by atoms with Gasteiger partial charge >= 0.3 is 0 Å². The van der Waals surface area contributed by atoms with E-state index in [0.717, 1.165) is 24.0 Å². The summed E-state index contributed by atoms with van der Waals surface area (Å²) in [5.74, 6) is 1.08. The van der Waals surface area contributed by atoms with Crippen molar-refractivity contribution < 1.29 is 10.2 Å². The highest BCUT2D eigenvalue weighted by atomic mass is 16.3. The highest BCUT2D eigenvalue weighted by molar-refractivity contribution is 5.55. The summed E-state index contributed by atoms with van der Waals surface area (Å²) in [4.78, 5) is 0. The van der Waals surface area contributed by atoms with Gasteiger partial charge in [0.05, 0.1) is 0 Å². The molecule has 4 rings (SSSR count). The number of aromatic hydroxyl groups is 2. The summed E-state index contributed by atoms with van der Waals surface area (Å²) in [5, 5.41) is 19.7. The molecule has 1 aromatic rings. The summed E-state index contributed by atoms with van der Waals surface area (Å²) >= 11 is 0. The van der Waals surface area contributed by atoms with E-state index >= 15 is 0 Å². The molecule has 0 spiro atoms. The maximum absolute atomic E-state index is 9.86. The van der Waals surface area contributed by atoms with Gasteiger partial charge in [0.25, 0.3) is 0 Å². The monoisotopic (exact) mass is 191 g/mol. The zero-order chi connectivity index (χ0) is 9.87. The lowest BCUT2D eigenvalue weighted by Gasteiger charge is -2.30. The van der Waals surface area contributed by atoms with Crippen molar-refractivity contribution in [2.24, 2.45) is 7.05 Å². The van der Waals surface area contributed by atoms with Crippen molar-refractivity contribution in [2.45, 2.75) is 24.7 Å². The maximum atomic E-state index is 9.86. The molecule has 1 heterocycles. The van der Waals surface area contributed by atoms with Crippen molar-refractivity contribution in [3.05, 3.63) is 23.3 Å². The van der Waals surface area contributed by atoms with Crippen LogP contribution in [0.15, 0.2) is 12.2 Å². The van der Waals surface area contributed by atoms with Crippen molar-refractivity contribution in [1.29, 1.82) is 0 Å². The van der Waals surface area contributed by atoms with E-state index in [1.54, 1.807) is 7.05 Å². The highest BCUT2D eigenvalue weighted by Crippen LogP contribution is 2.52. The smallest absolute Gasteiger partial charge is 0.197 e. The van der Waals surface area contributed by atoms with Crippen molar-refractivity contribution in [1.82, 2.24) is 4.57 Å². The molecule has 2 unspecified atom stereocenters. The minimum atomic E-state index is 0.233. The molecule has 0 aromatic carbocycles. The third-order valence-electron chi connectivity index (χ3n) is 3.51. The fourth-order valence-corrected chi connectivity index (χ4v) is 2.73. The SMILES string of the molecule is Cn1c(O)c2c(c1O)C1C=CC2CC1. The lowest BCUT2D eigenvalue weighted by atomic mass is 9.73. The van der Waals surface area contributed by atoms with Gasteiger partial charge < -0.3 is 10.2 Å². The zero-order valence-corrected chi connectivity index (χ0v) is 8.07. The largest absolute Gasteiger partial charge is 0.494 e. The standard InChI is InChI=1S/C11H13NO2/c1-12-10(13)8-6-2-3-7(5-4-6)9(8)11(12)14/h2-3,6-7,13-14H,4-5H2,1H3. The summed E-state index contributed by atoms with van der Waals surface area (Å²) in [6.07, 6.45) is 6.47. The molecule has 74 valence electrons. The molecule has 0 amide bonds. The van der Waals surface area contributed by atoms with Crippen LogP contribution < -0.4 is 0 Å². The first-order valence-electron chi connectivity index (χ1n) is 4.99. The Morgan fingerprint density at radius 1 is 1.07 bits per heavy atom. The van der Waals surface area contributed by atoms with E-state index in [2.05, 4.69) is 12.2 Å². The van der Waals surface area contributed by atoms with Gasteiger partial charge in [-0.15, -0.1) is 0 Å². The Hall–Kier alpha value is -1.38. The zero-order valence-electron chi connectivity index (χ0n) is 8.07. The first kappa shape index (κ1) is 7.97. The molecule has 3 heteroatoms. The van der Waals surface area contributed by atoms with E-state index < -0.39 is 0 Å². The summed E-state index contributed by atoms with van der Waals surface area (Å²) < 4.78 is 1.48. The average molecular weight is 191 g/mol. The first-order valence-corrected chi connectivity index (χ1v) is 4.99. The Morgan fingerprint density at radius 2 is 1.50 bits per heavy atom. The molecule has 2 bridgehead atoms. The fourth-order valence-electron chi connectivity index (χ4n) is 2.73. The first-order chi connectivity index (χ1) is 6.70. The Balaban J connectivity index is 2.32. The van der Waals surface area contributed by atoms with Gasteiger partial charge in [0.1, 0.15) is 0 Å². The lowest BCUT2D eigenvalue weighted by Crippen LogP contribution is -2.15. The van der Waals surface area contributed by atoms with Crippen molar-refractivity contribution in [3.8, 4) is 11.8 Å². The van der Waals surface area contributed by atoms with Gasteiger partial charge in [-0.25, -0.2) is 0 Å². The van der Waals surface area contributed by atoms with Crippen LogP contribution in [-0.2, 0) is 7.05 Å². The van der Waals surface area contributed by atoms with E-state index in [1.165, 1.54) is 4.57 Å². The summed E-state index contributed by atoms with van der Waals surface area (Å²) in [6.45, 7) is 0. The molecule has 3 aliphatic carbocycles. The Bertz CT molecular complexity index is 393. The second-order valence-electron chi connectivity index (χ2n) is 4.21. The van der Waals surface area contributed by atoms with Crippen LogP contribution in [0.1, 0.15) is 35.8 Å². The number of allylic oxidation sites excluding steroid dienone is 2. The number of rotatable bonds is 0. The second-order valence-corrected chi connectivity index (χ2v) is 4.21. The molecule has 2 N–H and O–H groups in total. The average Bonchev–Trinajstić information content (AvgIpc) is 2.47. The van der Waals surface area contributed by atoms with Gasteiger partial charge in [-0.05, 0) is 12.8 Å². The highest BCUT2D eigenvalue weighted by Gasteiger charge is 2.36. The number of fused-ring (bicyclic) bond motifs is 1. The molecule has 0 saturated heterocycles. The molecular weight excluding hydrogens is 178 g/mol. The van der Waals surface area contributed by atoms with Crippen LogP contribution in [0.2, 0.25) is 0 Å². The van der Waals surface area contributed by atoms with Crippen LogP contribution in [0, 0.1) is 0 Å². The van der Waals surface area contributed by atoms with Gasteiger partial charge in [0, 0.05) is 30.0 Å². The molecule has 3 aliphatic rings. The number of aromatic nitrogens is 1. The second kappa shape index (κ2) is 2.35. The Labute approximate surface area is 82.3 Å². The normalized spacial score (nSPS) is 28.1. The van der Waals surface area contributed by atoms with Crippen LogP contribution in [0.4, 0.5) is 0 Å². The van der Waals surface area contributed by atoms with Gasteiger partial charge in [-0.2, -0.15) is 0 Å². The summed E-state index contributed by atoms with van der Waals surface area (Å²) in [6, 6.07) is 0. The van der Waals surface area contributed by atoms with E-state index in [9.17, 15) is 10.2 Å². The molecule has 2 atom stereocenters. The molecule has 0 fully saturated rings. The lowest BCUT2D eigenvalue weighted by molar-refractivity contribution is 0.383. The van der Waals surface area contributed by atoms with E-state index in [1.807, 2.05) is 0 Å². The van der Waals surface area contributed by atoms with Crippen LogP contribution in [0.3, 0.4) is 0 Å². The maximum Gasteiger partial charge on any atom is 0.197 e. The molecule has 14 heavy (non-hydrogen) atoms. The predicted molar refractivity (Wildman–Crippen MR) is 52.6 cm³/mol. The van der Waals surface area contributed by atoms with Gasteiger partial charge in [0.2, 0.25) is 0 Å². The van der Waals surface area contributed by atoms with Gasteiger partial charge in [-0.1, -0.05) is 12.2 Å². The van der Waals surface area contributed by atoms with E-state index in [-0.39, 0.29) is 11.8 Å². The Morgan fingerprint density at radius 3 is 1.86 bits per heavy atom. The van der Waals surface area contributed by atoms with Crippen molar-refractivity contribution >= 4 is 0 Å². The van der Waals surface area contributed by atoms with Gasteiger partial charge in [0.15, 0.2) is 11.8 Å². The molecule has 0 aliphatic heterocycles. The van der Waals surface area contributed by atoms with Crippen molar-refractivity contribution in [3.63, 3.8) is 0 Å². The molecule has 1 aromatic heterocycles. The van der Waals surface area contributed by atoms with Crippen LogP contribution in [-0.4, -0.2) is 14.8 Å². The van der Waals surface area contributed by atoms with Crippen molar-refractivity contribution in [2.75, 3.05) is 0 Å². The van der Waals surface area contributed by atoms with E-state index in [4.69, 9.17) is 0 Å². The minimum Gasteiger partial charge on any atom is -0.494 e. The predicted octanol–water partition coefficient (Wildman–Crippen LogP) is 1.97. The molecule has 0 radical (unpaired) electrons. The molecule has 0 saturated carbocycles. The van der Waals surface area contributed by atoms with Gasteiger partial charge in [-0.3, -0.25) is 4.57 Å². The number of hydrogen-bond donors (Lipinski definition) is 2. The van der Waals surface area contributed by atoms with Crippen LogP contribution >= 0.6 is 0 Å². The third-order valence-corrected chi connectivity index (χ3v) is 3.51. The topological polar surface area (TPSA) is 45.4 Å². The van der Waals surface area contributed by atoms with Crippen LogP contribution in [0.5, 0.6) is 11.8 Å². The van der Waals surface area contributed by atoms with E-state index in [0.29, 0.717) is 11.8 Å². The van der Waals surface area contributed by atoms with Crippen LogP contribution in [0.25, 0.3) is 0 Å². The summed E-state index contributed by atoms with van der Waals surface area (Å²) in [5.41, 5.74) is 1.90. The Kier molecular flexibility index (Phi) is 1.34. The quantitative estimate of drug-likeness (QED) is 0.616. The molecular formula is C11H13NO2. The number of nitrogens with zero attached hydrogens (tertiary/aromatic N) is 1.